The van der Waals surface area contributed by atoms with Gasteiger partial charge in [0.2, 0.25) is 17.8 Å². The smallest absolute Gasteiger partial charge is 0.248 e. The fourth-order valence-corrected chi connectivity index (χ4v) is 2.53. The van der Waals surface area contributed by atoms with E-state index in [0.717, 1.165) is 25.9 Å². The van der Waals surface area contributed by atoms with Crippen molar-refractivity contribution in [2.45, 2.75) is 32.2 Å². The number of methoxy groups -OCH3 is 1. The van der Waals surface area contributed by atoms with Crippen molar-refractivity contribution in [2.75, 3.05) is 45.2 Å². The Kier molecular flexibility index (Phi) is 10.0. The highest BCUT2D eigenvalue weighted by atomic mass is 35.5. The number of rotatable bonds is 8. The molecule has 10 heteroatoms. The van der Waals surface area contributed by atoms with Crippen LogP contribution in [0.2, 0.25) is 0 Å². The second-order valence-corrected chi connectivity index (χ2v) is 5.78. The maximum absolute atomic E-state index is 12.3. The lowest BCUT2D eigenvalue weighted by atomic mass is 10.2. The van der Waals surface area contributed by atoms with E-state index >= 15 is 0 Å². The number of nitrogens with one attached hydrogen (secondary N) is 2. The van der Waals surface area contributed by atoms with Crippen LogP contribution in [-0.2, 0) is 20.9 Å². The monoisotopic (exact) mass is 374 g/mol. The van der Waals surface area contributed by atoms with E-state index in [1.54, 1.807) is 7.11 Å². The molecule has 1 aliphatic rings. The van der Waals surface area contributed by atoms with Gasteiger partial charge in [-0.05, 0) is 12.8 Å². The standard InChI is InChI=1S/C15H26N6O3.ClH/c1-24-9-6-16-10-13(22)18-15-17-12-21(19-15)11-14(23)20-7-4-2-3-5-8-20;/h12,16H,2-11H2,1H3,(H,18,19,22);1H. The summed E-state index contributed by atoms with van der Waals surface area (Å²) in [4.78, 5) is 29.9. The number of aromatic nitrogens is 3. The first-order chi connectivity index (χ1) is 11.7. The van der Waals surface area contributed by atoms with Crippen LogP contribution in [0, 0.1) is 0 Å². The fourth-order valence-electron chi connectivity index (χ4n) is 2.53. The molecule has 25 heavy (non-hydrogen) atoms. The highest BCUT2D eigenvalue weighted by Gasteiger charge is 2.16. The van der Waals surface area contributed by atoms with E-state index < -0.39 is 0 Å². The summed E-state index contributed by atoms with van der Waals surface area (Å²) in [6, 6.07) is 0. The zero-order valence-electron chi connectivity index (χ0n) is 14.6. The number of amides is 2. The third kappa shape index (κ3) is 7.80. The number of carbonyl (C=O) groups is 2. The predicted molar refractivity (Wildman–Crippen MR) is 95.7 cm³/mol. The molecule has 9 nitrogen and oxygen atoms in total. The average Bonchev–Trinajstić information content (AvgIpc) is 2.83. The number of likely N-dealkylation sites (tertiary alicyclic amines) is 1. The van der Waals surface area contributed by atoms with Crippen molar-refractivity contribution in [3.8, 4) is 0 Å². The molecular formula is C15H27ClN6O3. The molecule has 1 fully saturated rings. The van der Waals surface area contributed by atoms with Crippen LogP contribution in [0.5, 0.6) is 0 Å². The second-order valence-electron chi connectivity index (χ2n) is 5.78. The normalized spacial score (nSPS) is 14.5. The van der Waals surface area contributed by atoms with Gasteiger partial charge in [-0.2, -0.15) is 0 Å². The highest BCUT2D eigenvalue weighted by Crippen LogP contribution is 2.10. The molecular weight excluding hydrogens is 348 g/mol. The Bertz CT molecular complexity index is 531. The molecule has 142 valence electrons. The SMILES string of the molecule is COCCNCC(=O)Nc1ncn(CC(=O)N2CCCCCC2)n1.Cl. The lowest BCUT2D eigenvalue weighted by molar-refractivity contribution is -0.132. The van der Waals surface area contributed by atoms with Crippen LogP contribution >= 0.6 is 12.4 Å². The highest BCUT2D eigenvalue weighted by molar-refractivity contribution is 5.90. The first-order valence-corrected chi connectivity index (χ1v) is 8.36. The minimum atomic E-state index is -0.234. The summed E-state index contributed by atoms with van der Waals surface area (Å²) in [5, 5.41) is 9.65. The van der Waals surface area contributed by atoms with E-state index in [1.807, 2.05) is 4.90 Å². The molecule has 1 aromatic heterocycles. The fraction of sp³-hybridized carbons (Fsp3) is 0.733. The van der Waals surface area contributed by atoms with Crippen molar-refractivity contribution in [3.63, 3.8) is 0 Å². The molecule has 0 spiro atoms. The Labute approximate surface area is 153 Å². The van der Waals surface area contributed by atoms with Gasteiger partial charge in [0.1, 0.15) is 12.9 Å². The lowest BCUT2D eigenvalue weighted by Gasteiger charge is -2.19. The third-order valence-corrected chi connectivity index (χ3v) is 3.81. The summed E-state index contributed by atoms with van der Waals surface area (Å²) in [5.41, 5.74) is 0. The zero-order valence-corrected chi connectivity index (χ0v) is 15.4. The quantitative estimate of drug-likeness (QED) is 0.634. The Hall–Kier alpha value is -1.71. The molecule has 1 saturated heterocycles. The summed E-state index contributed by atoms with van der Waals surface area (Å²) < 4.78 is 6.34. The van der Waals surface area contributed by atoms with Crippen LogP contribution in [0.1, 0.15) is 25.7 Å². The molecule has 2 rings (SSSR count). The Balaban J connectivity index is 0.00000312. The van der Waals surface area contributed by atoms with E-state index in [4.69, 9.17) is 4.74 Å². The molecule has 2 N–H and O–H groups in total. The van der Waals surface area contributed by atoms with Gasteiger partial charge in [0.25, 0.3) is 0 Å². The molecule has 0 radical (unpaired) electrons. The van der Waals surface area contributed by atoms with Gasteiger partial charge in [0, 0.05) is 26.7 Å². The summed E-state index contributed by atoms with van der Waals surface area (Å²) >= 11 is 0. The van der Waals surface area contributed by atoms with Crippen molar-refractivity contribution in [1.82, 2.24) is 25.0 Å². The topological polar surface area (TPSA) is 101 Å². The Morgan fingerprint density at radius 1 is 1.24 bits per heavy atom. The van der Waals surface area contributed by atoms with E-state index in [1.165, 1.54) is 23.9 Å². The van der Waals surface area contributed by atoms with E-state index in [0.29, 0.717) is 13.2 Å². The molecule has 0 bridgehead atoms. The number of halogens is 1. The summed E-state index contributed by atoms with van der Waals surface area (Å²) in [6.45, 7) is 3.06. The number of carbonyl (C=O) groups excluding carboxylic acids is 2. The number of hydrogen-bond acceptors (Lipinski definition) is 6. The summed E-state index contributed by atoms with van der Waals surface area (Å²) in [5.74, 6) is 0.0146. The van der Waals surface area contributed by atoms with E-state index in [9.17, 15) is 9.59 Å². The predicted octanol–water partition coefficient (Wildman–Crippen LogP) is 0.277. The van der Waals surface area contributed by atoms with E-state index in [2.05, 4.69) is 20.7 Å². The second kappa shape index (κ2) is 11.8. The molecule has 0 aromatic carbocycles. The van der Waals surface area contributed by atoms with Crippen LogP contribution in [-0.4, -0.2) is 71.4 Å². The maximum Gasteiger partial charge on any atom is 0.248 e. The average molecular weight is 375 g/mol. The van der Waals surface area contributed by atoms with Crippen LogP contribution in [0.25, 0.3) is 0 Å². The minimum Gasteiger partial charge on any atom is -0.383 e. The van der Waals surface area contributed by atoms with Gasteiger partial charge in [-0.25, -0.2) is 9.67 Å². The van der Waals surface area contributed by atoms with E-state index in [-0.39, 0.29) is 43.3 Å². The van der Waals surface area contributed by atoms with Gasteiger partial charge in [-0.15, -0.1) is 17.5 Å². The third-order valence-electron chi connectivity index (χ3n) is 3.81. The summed E-state index contributed by atoms with van der Waals surface area (Å²) in [7, 11) is 1.60. The molecule has 2 amide bonds. The maximum atomic E-state index is 12.3. The zero-order chi connectivity index (χ0) is 17.2. The molecule has 0 saturated carbocycles. The number of anilines is 1. The minimum absolute atomic E-state index is 0. The molecule has 2 heterocycles. The van der Waals surface area contributed by atoms with Crippen molar-refractivity contribution >= 4 is 30.2 Å². The van der Waals surface area contributed by atoms with Gasteiger partial charge >= 0.3 is 0 Å². The molecule has 1 aliphatic heterocycles. The molecule has 0 aliphatic carbocycles. The molecule has 1 aromatic rings. The van der Waals surface area contributed by atoms with Crippen molar-refractivity contribution < 1.29 is 14.3 Å². The molecule has 0 atom stereocenters. The van der Waals surface area contributed by atoms with Gasteiger partial charge in [0.15, 0.2) is 0 Å². The summed E-state index contributed by atoms with van der Waals surface area (Å²) in [6.07, 6.45) is 5.94. The van der Waals surface area contributed by atoms with Gasteiger partial charge in [-0.3, -0.25) is 14.9 Å². The van der Waals surface area contributed by atoms with Crippen LogP contribution < -0.4 is 10.6 Å². The number of hydrogen-bond donors (Lipinski definition) is 2. The van der Waals surface area contributed by atoms with Gasteiger partial charge < -0.3 is 15.0 Å². The van der Waals surface area contributed by atoms with Gasteiger partial charge in [0.05, 0.1) is 13.2 Å². The lowest BCUT2D eigenvalue weighted by Crippen LogP contribution is -2.34. The van der Waals surface area contributed by atoms with Crippen molar-refractivity contribution in [3.05, 3.63) is 6.33 Å². The Morgan fingerprint density at radius 2 is 1.96 bits per heavy atom. The number of ether oxygens (including phenoxy) is 1. The van der Waals surface area contributed by atoms with Crippen LogP contribution in [0.3, 0.4) is 0 Å². The first-order valence-electron chi connectivity index (χ1n) is 8.36. The van der Waals surface area contributed by atoms with Crippen LogP contribution in [0.15, 0.2) is 6.33 Å². The largest absolute Gasteiger partial charge is 0.383 e. The number of nitrogens with zero attached hydrogens (tertiary/aromatic N) is 4. The van der Waals surface area contributed by atoms with Crippen molar-refractivity contribution in [2.24, 2.45) is 0 Å². The molecule has 0 unspecified atom stereocenters. The van der Waals surface area contributed by atoms with Crippen molar-refractivity contribution in [1.29, 1.82) is 0 Å². The first kappa shape index (κ1) is 21.3. The van der Waals surface area contributed by atoms with Crippen LogP contribution in [0.4, 0.5) is 5.95 Å². The van der Waals surface area contributed by atoms with Gasteiger partial charge in [-0.1, -0.05) is 12.8 Å². The Morgan fingerprint density at radius 3 is 2.64 bits per heavy atom.